The molecule has 170 valence electrons. The minimum atomic E-state index is -0.497. The monoisotopic (exact) mass is 426 g/mol. The second-order valence-electron chi connectivity index (χ2n) is 8.43. The quantitative estimate of drug-likeness (QED) is 0.531. The van der Waals surface area contributed by atoms with Crippen LogP contribution < -0.4 is 14.8 Å². The van der Waals surface area contributed by atoms with Crippen LogP contribution in [0.2, 0.25) is 0 Å². The van der Waals surface area contributed by atoms with Crippen LogP contribution in [-0.2, 0) is 13.0 Å². The number of rotatable bonds is 11. The van der Waals surface area contributed by atoms with Crippen LogP contribution in [0.5, 0.6) is 11.5 Å². The molecule has 1 atom stereocenters. The molecule has 0 amide bonds. The highest BCUT2D eigenvalue weighted by Gasteiger charge is 2.15. The summed E-state index contributed by atoms with van der Waals surface area (Å²) in [5, 5.41) is 13.9. The van der Waals surface area contributed by atoms with Crippen LogP contribution in [0.15, 0.2) is 48.5 Å². The van der Waals surface area contributed by atoms with E-state index in [0.29, 0.717) is 18.0 Å². The molecule has 1 aliphatic rings. The molecule has 5 heteroatoms. The molecule has 0 aliphatic carbocycles. The van der Waals surface area contributed by atoms with Gasteiger partial charge in [0, 0.05) is 13.1 Å². The standard InChI is InChI=1S/C26H38N2O3/c1-30-26-18-23(19-27-15-14-22-10-6-5-7-11-22)12-13-25(26)31-21-24(29)20-28-16-8-3-2-4-9-17-28/h5-7,10-13,18,24,27,29H,2-4,8-9,14-17,19-21H2,1H3/t24-/m1/s1. The number of likely N-dealkylation sites (tertiary alicyclic amines) is 1. The van der Waals surface area contributed by atoms with Crippen molar-refractivity contribution in [1.29, 1.82) is 0 Å². The van der Waals surface area contributed by atoms with Crippen molar-refractivity contribution >= 4 is 0 Å². The zero-order chi connectivity index (χ0) is 21.7. The second-order valence-corrected chi connectivity index (χ2v) is 8.43. The minimum absolute atomic E-state index is 0.279. The molecule has 2 aromatic rings. The van der Waals surface area contributed by atoms with Gasteiger partial charge >= 0.3 is 0 Å². The van der Waals surface area contributed by atoms with Crippen LogP contribution in [0.3, 0.4) is 0 Å². The van der Waals surface area contributed by atoms with E-state index >= 15 is 0 Å². The summed E-state index contributed by atoms with van der Waals surface area (Å²) in [5.74, 6) is 1.39. The summed E-state index contributed by atoms with van der Waals surface area (Å²) in [6.45, 7) is 4.81. The number of hydrogen-bond acceptors (Lipinski definition) is 5. The Kier molecular flexibility index (Phi) is 10.2. The molecule has 0 aromatic heterocycles. The Morgan fingerprint density at radius 2 is 1.68 bits per heavy atom. The highest BCUT2D eigenvalue weighted by molar-refractivity contribution is 5.43. The van der Waals surface area contributed by atoms with Crippen LogP contribution >= 0.6 is 0 Å². The van der Waals surface area contributed by atoms with Gasteiger partial charge in [0.2, 0.25) is 0 Å². The van der Waals surface area contributed by atoms with Crippen molar-refractivity contribution < 1.29 is 14.6 Å². The first kappa shape index (κ1) is 23.6. The van der Waals surface area contributed by atoms with E-state index in [0.717, 1.165) is 38.2 Å². The number of nitrogens with zero attached hydrogens (tertiary/aromatic N) is 1. The van der Waals surface area contributed by atoms with Gasteiger partial charge in [-0.25, -0.2) is 0 Å². The van der Waals surface area contributed by atoms with Gasteiger partial charge in [0.05, 0.1) is 7.11 Å². The van der Waals surface area contributed by atoms with E-state index in [1.807, 2.05) is 18.2 Å². The van der Waals surface area contributed by atoms with Crippen LogP contribution in [0.25, 0.3) is 0 Å². The molecule has 0 bridgehead atoms. The Morgan fingerprint density at radius 3 is 2.42 bits per heavy atom. The predicted octanol–water partition coefficient (Wildman–Crippen LogP) is 4.03. The van der Waals surface area contributed by atoms with Gasteiger partial charge in [-0.3, -0.25) is 0 Å². The molecule has 1 aliphatic heterocycles. The topological polar surface area (TPSA) is 54.0 Å². The Bertz CT molecular complexity index is 746. The smallest absolute Gasteiger partial charge is 0.161 e. The molecule has 0 saturated carbocycles. The Labute approximate surface area is 187 Å². The van der Waals surface area contributed by atoms with Gasteiger partial charge in [-0.15, -0.1) is 0 Å². The fraction of sp³-hybridized carbons (Fsp3) is 0.538. The van der Waals surface area contributed by atoms with Crippen LogP contribution in [-0.4, -0.2) is 56.0 Å². The number of hydrogen-bond donors (Lipinski definition) is 2. The van der Waals surface area contributed by atoms with Gasteiger partial charge in [-0.2, -0.15) is 0 Å². The lowest BCUT2D eigenvalue weighted by atomic mass is 10.1. The van der Waals surface area contributed by atoms with E-state index in [9.17, 15) is 5.11 Å². The number of aliphatic hydroxyl groups excluding tert-OH is 1. The molecular weight excluding hydrogens is 388 g/mol. The van der Waals surface area contributed by atoms with Crippen molar-refractivity contribution in [3.05, 3.63) is 59.7 Å². The van der Waals surface area contributed by atoms with Crippen molar-refractivity contribution in [2.45, 2.75) is 51.2 Å². The summed E-state index contributed by atoms with van der Waals surface area (Å²) in [5.41, 5.74) is 2.49. The molecule has 3 rings (SSSR count). The van der Waals surface area contributed by atoms with Crippen LogP contribution in [0, 0.1) is 0 Å². The molecule has 31 heavy (non-hydrogen) atoms. The average molecular weight is 427 g/mol. The van der Waals surface area contributed by atoms with Gasteiger partial charge in [-0.05, 0) is 62.2 Å². The summed E-state index contributed by atoms with van der Waals surface area (Å²) in [7, 11) is 1.66. The van der Waals surface area contributed by atoms with Crippen LogP contribution in [0.4, 0.5) is 0 Å². The summed E-state index contributed by atoms with van der Waals surface area (Å²) in [6.07, 6.45) is 6.90. The van der Waals surface area contributed by atoms with Crippen molar-refractivity contribution in [1.82, 2.24) is 10.2 Å². The highest BCUT2D eigenvalue weighted by Crippen LogP contribution is 2.28. The number of aliphatic hydroxyl groups is 1. The fourth-order valence-electron chi connectivity index (χ4n) is 4.08. The van der Waals surface area contributed by atoms with Gasteiger partial charge in [0.1, 0.15) is 12.7 Å². The summed E-state index contributed by atoms with van der Waals surface area (Å²) >= 11 is 0. The van der Waals surface area contributed by atoms with Gasteiger partial charge < -0.3 is 24.8 Å². The Morgan fingerprint density at radius 1 is 0.935 bits per heavy atom. The molecule has 1 saturated heterocycles. The molecule has 2 N–H and O–H groups in total. The molecule has 1 fully saturated rings. The number of benzene rings is 2. The molecule has 0 unspecified atom stereocenters. The van der Waals surface area contributed by atoms with Crippen molar-refractivity contribution in [2.75, 3.05) is 39.9 Å². The van der Waals surface area contributed by atoms with E-state index in [4.69, 9.17) is 9.47 Å². The molecule has 1 heterocycles. The first-order chi connectivity index (χ1) is 15.2. The summed E-state index contributed by atoms with van der Waals surface area (Å²) < 4.78 is 11.4. The first-order valence-corrected chi connectivity index (χ1v) is 11.7. The molecule has 2 aromatic carbocycles. The van der Waals surface area contributed by atoms with Crippen molar-refractivity contribution in [3.8, 4) is 11.5 Å². The molecule has 0 radical (unpaired) electrons. The third-order valence-electron chi connectivity index (χ3n) is 5.84. The third kappa shape index (κ3) is 8.52. The zero-order valence-corrected chi connectivity index (χ0v) is 18.9. The number of nitrogens with one attached hydrogen (secondary N) is 1. The maximum atomic E-state index is 10.5. The largest absolute Gasteiger partial charge is 0.493 e. The Hall–Kier alpha value is -2.08. The van der Waals surface area contributed by atoms with Gasteiger partial charge in [0.25, 0.3) is 0 Å². The molecular formula is C26H38N2O3. The van der Waals surface area contributed by atoms with E-state index in [2.05, 4.69) is 40.5 Å². The van der Waals surface area contributed by atoms with Crippen LogP contribution in [0.1, 0.15) is 43.2 Å². The maximum Gasteiger partial charge on any atom is 0.161 e. The summed E-state index contributed by atoms with van der Waals surface area (Å²) in [4.78, 5) is 2.37. The molecule has 5 nitrogen and oxygen atoms in total. The second kappa shape index (κ2) is 13.4. The van der Waals surface area contributed by atoms with E-state index in [-0.39, 0.29) is 6.61 Å². The lowest BCUT2D eigenvalue weighted by Crippen LogP contribution is -2.37. The lowest BCUT2D eigenvalue weighted by Gasteiger charge is -2.26. The number of methoxy groups -OCH3 is 1. The Balaban J connectivity index is 1.42. The minimum Gasteiger partial charge on any atom is -0.493 e. The summed E-state index contributed by atoms with van der Waals surface area (Å²) in [6, 6.07) is 16.5. The predicted molar refractivity (Wildman–Crippen MR) is 126 cm³/mol. The van der Waals surface area contributed by atoms with Crippen molar-refractivity contribution in [3.63, 3.8) is 0 Å². The normalized spacial score (nSPS) is 16.3. The first-order valence-electron chi connectivity index (χ1n) is 11.7. The van der Waals surface area contributed by atoms with E-state index in [1.54, 1.807) is 7.11 Å². The number of β-amino-alcohol motifs (C(OH)–C–C–N with tert-alkyl or cyclic N) is 1. The lowest BCUT2D eigenvalue weighted by molar-refractivity contribution is 0.0645. The number of ether oxygens (including phenoxy) is 2. The van der Waals surface area contributed by atoms with Gasteiger partial charge in [-0.1, -0.05) is 55.7 Å². The van der Waals surface area contributed by atoms with Gasteiger partial charge in [0.15, 0.2) is 11.5 Å². The maximum absolute atomic E-state index is 10.5. The fourth-order valence-corrected chi connectivity index (χ4v) is 4.08. The van der Waals surface area contributed by atoms with E-state index in [1.165, 1.54) is 37.7 Å². The molecule has 0 spiro atoms. The highest BCUT2D eigenvalue weighted by atomic mass is 16.5. The SMILES string of the molecule is COc1cc(CNCCc2ccccc2)ccc1OC[C@H](O)CN1CCCCCCC1. The average Bonchev–Trinajstić information content (AvgIpc) is 2.78. The third-order valence-corrected chi connectivity index (χ3v) is 5.84. The zero-order valence-electron chi connectivity index (χ0n) is 18.9. The van der Waals surface area contributed by atoms with Crippen molar-refractivity contribution in [2.24, 2.45) is 0 Å². The van der Waals surface area contributed by atoms with E-state index < -0.39 is 6.10 Å².